The predicted octanol–water partition coefficient (Wildman–Crippen LogP) is 5.67. The molecule has 2 saturated heterocycles. The number of likely N-dealkylation sites (tertiary alicyclic amines) is 1. The van der Waals surface area contributed by atoms with E-state index >= 15 is 0 Å². The molecular formula is C30H38ClN3O3. The van der Waals surface area contributed by atoms with Crippen molar-refractivity contribution in [3.63, 3.8) is 0 Å². The highest BCUT2D eigenvalue weighted by Gasteiger charge is 2.47. The van der Waals surface area contributed by atoms with Crippen LogP contribution >= 0.6 is 11.6 Å². The topological polar surface area (TPSA) is 61.9 Å². The Bertz CT molecular complexity index is 1170. The summed E-state index contributed by atoms with van der Waals surface area (Å²) >= 11 is 6.45. The maximum absolute atomic E-state index is 13.4. The second kappa shape index (κ2) is 10.9. The van der Waals surface area contributed by atoms with Gasteiger partial charge in [0.25, 0.3) is 0 Å². The number of rotatable bonds is 6. The van der Waals surface area contributed by atoms with Gasteiger partial charge in [-0.05, 0) is 81.3 Å². The van der Waals surface area contributed by atoms with Gasteiger partial charge in [-0.3, -0.25) is 9.59 Å². The molecule has 2 aromatic rings. The molecule has 5 rings (SSSR count). The maximum Gasteiger partial charge on any atom is 0.237 e. The van der Waals surface area contributed by atoms with Crippen LogP contribution in [0.5, 0.6) is 0 Å². The van der Waals surface area contributed by atoms with E-state index < -0.39 is 11.0 Å². The molecule has 6 nitrogen and oxygen atoms in total. The standard InChI is InChI=1S/C27H32ClN3O3.C3H6/c1-18-21(5-4-6-23(18)28)27(15-30(16-27)17-32)29-20-7-8-22-24(13-20)31(25(33)26(22,2)3)14-19-9-11-34-12-10-19;1-3-2/h4-8,13,17,19,29H,9-12,14-16H2,1-3H3;3H,1H2,2H3. The predicted molar refractivity (Wildman–Crippen MR) is 150 cm³/mol. The Balaban J connectivity index is 0.00000102. The maximum atomic E-state index is 13.4. The molecule has 37 heavy (non-hydrogen) atoms. The first-order chi connectivity index (χ1) is 17.7. The van der Waals surface area contributed by atoms with Crippen molar-refractivity contribution in [2.75, 3.05) is 43.1 Å². The molecule has 2 aromatic carbocycles. The van der Waals surface area contributed by atoms with Gasteiger partial charge in [-0.15, -0.1) is 6.58 Å². The summed E-state index contributed by atoms with van der Waals surface area (Å²) in [6, 6.07) is 12.2. The van der Waals surface area contributed by atoms with E-state index in [0.29, 0.717) is 24.0 Å². The molecule has 0 saturated carbocycles. The lowest BCUT2D eigenvalue weighted by molar-refractivity contribution is -0.124. The number of nitrogens with zero attached hydrogens (tertiary/aromatic N) is 2. The average molecular weight is 524 g/mol. The lowest BCUT2D eigenvalue weighted by Gasteiger charge is -2.50. The van der Waals surface area contributed by atoms with Gasteiger partial charge in [0.05, 0.1) is 11.0 Å². The summed E-state index contributed by atoms with van der Waals surface area (Å²) in [5.41, 5.74) is 4.11. The van der Waals surface area contributed by atoms with Crippen LogP contribution in [0.3, 0.4) is 0 Å². The fraction of sp³-hybridized carbons (Fsp3) is 0.467. The minimum atomic E-state index is -0.551. The van der Waals surface area contributed by atoms with Crippen LogP contribution in [-0.2, 0) is 25.3 Å². The number of hydrogen-bond donors (Lipinski definition) is 1. The van der Waals surface area contributed by atoms with Gasteiger partial charge in [-0.2, -0.15) is 0 Å². The molecule has 3 heterocycles. The van der Waals surface area contributed by atoms with Gasteiger partial charge < -0.3 is 19.9 Å². The van der Waals surface area contributed by atoms with Gasteiger partial charge in [0.2, 0.25) is 12.3 Å². The zero-order valence-corrected chi connectivity index (χ0v) is 23.1. The molecular weight excluding hydrogens is 486 g/mol. The molecule has 3 aliphatic heterocycles. The van der Waals surface area contributed by atoms with Crippen molar-refractivity contribution >= 4 is 35.3 Å². The molecule has 198 valence electrons. The van der Waals surface area contributed by atoms with Gasteiger partial charge in [0.1, 0.15) is 0 Å². The summed E-state index contributed by atoms with van der Waals surface area (Å²) < 4.78 is 5.52. The van der Waals surface area contributed by atoms with E-state index in [4.69, 9.17) is 16.3 Å². The Morgan fingerprint density at radius 2 is 1.84 bits per heavy atom. The fourth-order valence-electron chi connectivity index (χ4n) is 5.73. The van der Waals surface area contributed by atoms with Crippen LogP contribution in [0, 0.1) is 12.8 Å². The first kappa shape index (κ1) is 27.2. The van der Waals surface area contributed by atoms with E-state index in [2.05, 4.69) is 36.2 Å². The molecule has 0 radical (unpaired) electrons. The third-order valence-electron chi connectivity index (χ3n) is 7.79. The highest BCUT2D eigenvalue weighted by molar-refractivity contribution is 6.31. The number of anilines is 2. The average Bonchev–Trinajstić information content (AvgIpc) is 3.04. The van der Waals surface area contributed by atoms with E-state index in [-0.39, 0.29) is 5.91 Å². The number of allylic oxidation sites excluding steroid dienone is 1. The van der Waals surface area contributed by atoms with Gasteiger partial charge in [-0.1, -0.05) is 35.9 Å². The number of carbonyl (C=O) groups is 2. The van der Waals surface area contributed by atoms with Gasteiger partial charge in [-0.25, -0.2) is 0 Å². The molecule has 0 unspecified atom stereocenters. The summed E-state index contributed by atoms with van der Waals surface area (Å²) in [4.78, 5) is 28.6. The Morgan fingerprint density at radius 1 is 1.16 bits per heavy atom. The van der Waals surface area contributed by atoms with Crippen LogP contribution in [0.15, 0.2) is 49.1 Å². The molecule has 7 heteroatoms. The number of fused-ring (bicyclic) bond motifs is 1. The number of benzene rings is 2. The van der Waals surface area contributed by atoms with E-state index in [1.54, 1.807) is 11.0 Å². The molecule has 0 spiro atoms. The lowest BCUT2D eigenvalue weighted by atomic mass is 9.80. The van der Waals surface area contributed by atoms with Gasteiger partial charge in [0.15, 0.2) is 0 Å². The van der Waals surface area contributed by atoms with Crippen LogP contribution in [0.1, 0.15) is 50.3 Å². The lowest BCUT2D eigenvalue weighted by Crippen LogP contribution is -2.63. The Labute approximate surface area is 225 Å². The molecule has 2 fully saturated rings. The SMILES string of the molecule is C=CC.Cc1c(Cl)cccc1C1(Nc2ccc3c(c2)N(CC2CCOCC2)C(=O)C3(C)C)CN(C=O)C1. The number of amides is 2. The second-order valence-corrected chi connectivity index (χ2v) is 11.3. The second-order valence-electron chi connectivity index (χ2n) is 10.9. The van der Waals surface area contributed by atoms with Crippen LogP contribution in [-0.4, -0.2) is 50.1 Å². The van der Waals surface area contributed by atoms with Crippen molar-refractivity contribution in [3.8, 4) is 0 Å². The van der Waals surface area contributed by atoms with Crippen LogP contribution in [0.4, 0.5) is 11.4 Å². The first-order valence-electron chi connectivity index (χ1n) is 13.0. The van der Waals surface area contributed by atoms with Crippen molar-refractivity contribution in [1.29, 1.82) is 0 Å². The molecule has 0 aromatic heterocycles. The van der Waals surface area contributed by atoms with E-state index in [9.17, 15) is 9.59 Å². The monoisotopic (exact) mass is 523 g/mol. The third kappa shape index (κ3) is 5.14. The summed E-state index contributed by atoms with van der Waals surface area (Å²) in [6.07, 6.45) is 4.60. The molecule has 0 aliphatic carbocycles. The molecule has 1 N–H and O–H groups in total. The highest BCUT2D eigenvalue weighted by Crippen LogP contribution is 2.45. The summed E-state index contributed by atoms with van der Waals surface area (Å²) in [7, 11) is 0. The number of carbonyl (C=O) groups excluding carboxylic acids is 2. The number of nitrogens with one attached hydrogen (secondary N) is 1. The fourth-order valence-corrected chi connectivity index (χ4v) is 5.91. The van der Waals surface area contributed by atoms with Crippen molar-refractivity contribution < 1.29 is 14.3 Å². The minimum absolute atomic E-state index is 0.155. The Hall–Kier alpha value is -2.83. The zero-order valence-electron chi connectivity index (χ0n) is 22.4. The number of ether oxygens (including phenoxy) is 1. The normalized spacial score (nSPS) is 19.9. The largest absolute Gasteiger partial charge is 0.381 e. The number of hydrogen-bond acceptors (Lipinski definition) is 4. The van der Waals surface area contributed by atoms with Crippen molar-refractivity contribution in [3.05, 3.63) is 70.8 Å². The summed E-state index contributed by atoms with van der Waals surface area (Å²) in [5.74, 6) is 0.603. The Morgan fingerprint density at radius 3 is 2.49 bits per heavy atom. The smallest absolute Gasteiger partial charge is 0.237 e. The van der Waals surface area contributed by atoms with Gasteiger partial charge >= 0.3 is 0 Å². The van der Waals surface area contributed by atoms with Gasteiger partial charge in [0, 0.05) is 49.2 Å². The van der Waals surface area contributed by atoms with E-state index in [0.717, 1.165) is 67.1 Å². The number of halogens is 1. The minimum Gasteiger partial charge on any atom is -0.381 e. The zero-order chi connectivity index (χ0) is 26.8. The molecule has 3 aliphatic rings. The summed E-state index contributed by atoms with van der Waals surface area (Å²) in [6.45, 7) is 14.7. The van der Waals surface area contributed by atoms with E-state index in [1.807, 2.05) is 44.7 Å². The van der Waals surface area contributed by atoms with Crippen LogP contribution < -0.4 is 10.2 Å². The van der Waals surface area contributed by atoms with Crippen LogP contribution in [0.25, 0.3) is 0 Å². The highest BCUT2D eigenvalue weighted by atomic mass is 35.5. The van der Waals surface area contributed by atoms with Crippen LogP contribution in [0.2, 0.25) is 5.02 Å². The quantitative estimate of drug-likeness (QED) is 0.391. The van der Waals surface area contributed by atoms with Crippen molar-refractivity contribution in [2.24, 2.45) is 5.92 Å². The molecule has 2 amide bonds. The molecule has 0 atom stereocenters. The van der Waals surface area contributed by atoms with Crippen molar-refractivity contribution in [1.82, 2.24) is 4.90 Å². The Kier molecular flexibility index (Phi) is 8.00. The molecule has 0 bridgehead atoms. The third-order valence-corrected chi connectivity index (χ3v) is 8.19. The van der Waals surface area contributed by atoms with E-state index in [1.165, 1.54) is 0 Å². The summed E-state index contributed by atoms with van der Waals surface area (Å²) in [5, 5.41) is 4.43. The van der Waals surface area contributed by atoms with Crippen molar-refractivity contribution in [2.45, 2.75) is 51.5 Å². The first-order valence-corrected chi connectivity index (χ1v) is 13.4.